The lowest BCUT2D eigenvalue weighted by Crippen LogP contribution is -2.38. The Labute approximate surface area is 96.0 Å². The highest BCUT2D eigenvalue weighted by molar-refractivity contribution is 6.09. The first-order chi connectivity index (χ1) is 7.36. The molecule has 0 N–H and O–H groups in total. The van der Waals surface area contributed by atoms with Crippen molar-refractivity contribution in [1.29, 1.82) is 0 Å². The van der Waals surface area contributed by atoms with E-state index in [1.807, 2.05) is 0 Å². The summed E-state index contributed by atoms with van der Waals surface area (Å²) in [7, 11) is 0. The van der Waals surface area contributed by atoms with Gasteiger partial charge in [-0.2, -0.15) is 0 Å². The molecule has 1 heterocycles. The van der Waals surface area contributed by atoms with Gasteiger partial charge in [0.15, 0.2) is 0 Å². The number of carbonyl (C=O) groups is 3. The van der Waals surface area contributed by atoms with Crippen molar-refractivity contribution in [1.82, 2.24) is 4.90 Å². The van der Waals surface area contributed by atoms with Gasteiger partial charge in [-0.25, -0.2) is 0 Å². The summed E-state index contributed by atoms with van der Waals surface area (Å²) in [5.41, 5.74) is 0. The molecular formula is C12H19NO3. The Balaban J connectivity index is 2.75. The van der Waals surface area contributed by atoms with Crippen molar-refractivity contribution < 1.29 is 14.4 Å². The molecule has 0 radical (unpaired) electrons. The zero-order valence-electron chi connectivity index (χ0n) is 10.3. The maximum Gasteiger partial charge on any atom is 0.239 e. The zero-order valence-corrected chi connectivity index (χ0v) is 10.3. The fourth-order valence-corrected chi connectivity index (χ4v) is 1.88. The number of likely N-dealkylation sites (tertiary alicyclic amines) is 1. The predicted molar refractivity (Wildman–Crippen MR) is 59.5 cm³/mol. The van der Waals surface area contributed by atoms with Crippen LogP contribution in [0.1, 0.15) is 34.1 Å². The molecule has 0 aromatic rings. The van der Waals surface area contributed by atoms with E-state index < -0.39 is 5.92 Å². The smallest absolute Gasteiger partial charge is 0.239 e. The molecule has 1 fully saturated rings. The molecule has 1 atom stereocenters. The van der Waals surface area contributed by atoms with E-state index in [1.165, 1.54) is 4.90 Å². The van der Waals surface area contributed by atoms with Gasteiger partial charge in [-0.1, -0.05) is 27.7 Å². The number of amides is 2. The van der Waals surface area contributed by atoms with Gasteiger partial charge in [-0.15, -0.1) is 0 Å². The summed E-state index contributed by atoms with van der Waals surface area (Å²) < 4.78 is 0. The first-order valence-electron chi connectivity index (χ1n) is 5.75. The van der Waals surface area contributed by atoms with Gasteiger partial charge in [0.2, 0.25) is 11.8 Å². The number of Topliss-reactive ketones (excluding diaryl/α,β-unsaturated/α-hetero) is 1. The van der Waals surface area contributed by atoms with Gasteiger partial charge in [-0.05, 0) is 6.42 Å². The van der Waals surface area contributed by atoms with Gasteiger partial charge < -0.3 is 0 Å². The highest BCUT2D eigenvalue weighted by atomic mass is 16.2. The number of rotatable bonds is 3. The van der Waals surface area contributed by atoms with E-state index in [2.05, 4.69) is 0 Å². The van der Waals surface area contributed by atoms with Gasteiger partial charge in [0.1, 0.15) is 5.78 Å². The average molecular weight is 225 g/mol. The van der Waals surface area contributed by atoms with Crippen LogP contribution in [-0.2, 0) is 14.4 Å². The van der Waals surface area contributed by atoms with E-state index in [1.54, 1.807) is 27.7 Å². The quantitative estimate of drug-likeness (QED) is 0.679. The molecule has 2 amide bonds. The van der Waals surface area contributed by atoms with E-state index in [-0.39, 0.29) is 29.4 Å². The Hall–Kier alpha value is -1.19. The normalized spacial score (nSPS) is 21.0. The first kappa shape index (κ1) is 12.9. The maximum atomic E-state index is 11.9. The minimum Gasteiger partial charge on any atom is -0.299 e. The lowest BCUT2D eigenvalue weighted by atomic mass is 9.94. The Kier molecular flexibility index (Phi) is 3.83. The van der Waals surface area contributed by atoms with Crippen LogP contribution in [0.15, 0.2) is 0 Å². The maximum absolute atomic E-state index is 11.9. The number of carbonyl (C=O) groups excluding carboxylic acids is 3. The van der Waals surface area contributed by atoms with Gasteiger partial charge in [0.25, 0.3) is 0 Å². The Morgan fingerprint density at radius 1 is 1.19 bits per heavy atom. The molecule has 4 nitrogen and oxygen atoms in total. The van der Waals surface area contributed by atoms with Crippen molar-refractivity contribution in [3.05, 3.63) is 0 Å². The van der Waals surface area contributed by atoms with Gasteiger partial charge in [-0.3, -0.25) is 19.3 Å². The molecule has 0 aromatic heterocycles. The molecular weight excluding hydrogens is 206 g/mol. The SMILES string of the molecule is CC(C)C(=O)C1CCN(C(=O)C(C)C)C1=O. The van der Waals surface area contributed by atoms with Gasteiger partial charge in [0.05, 0.1) is 5.92 Å². The molecule has 90 valence electrons. The summed E-state index contributed by atoms with van der Waals surface area (Å²) >= 11 is 0. The molecule has 0 saturated carbocycles. The summed E-state index contributed by atoms with van der Waals surface area (Å²) in [6.45, 7) is 7.46. The van der Waals surface area contributed by atoms with Crippen LogP contribution in [0.25, 0.3) is 0 Å². The standard InChI is InChI=1S/C12H19NO3/c1-7(2)10(14)9-5-6-13(12(9)16)11(15)8(3)4/h7-9H,5-6H2,1-4H3. The molecule has 1 saturated heterocycles. The van der Waals surface area contributed by atoms with E-state index in [0.717, 1.165) is 0 Å². The zero-order chi connectivity index (χ0) is 12.5. The molecule has 0 spiro atoms. The van der Waals surface area contributed by atoms with E-state index in [4.69, 9.17) is 0 Å². The highest BCUT2D eigenvalue weighted by Crippen LogP contribution is 2.23. The fraction of sp³-hybridized carbons (Fsp3) is 0.750. The average Bonchev–Trinajstić information content (AvgIpc) is 2.57. The van der Waals surface area contributed by atoms with Crippen LogP contribution in [0, 0.1) is 17.8 Å². The van der Waals surface area contributed by atoms with Crippen LogP contribution in [0.2, 0.25) is 0 Å². The van der Waals surface area contributed by atoms with Crippen molar-refractivity contribution in [3.63, 3.8) is 0 Å². The number of nitrogens with zero attached hydrogens (tertiary/aromatic N) is 1. The number of hydrogen-bond donors (Lipinski definition) is 0. The monoisotopic (exact) mass is 225 g/mol. The molecule has 0 aromatic carbocycles. The third-order valence-electron chi connectivity index (χ3n) is 2.88. The minimum absolute atomic E-state index is 0.0518. The number of ketones is 1. The molecule has 1 aliphatic rings. The van der Waals surface area contributed by atoms with Crippen LogP contribution in [0.4, 0.5) is 0 Å². The summed E-state index contributed by atoms with van der Waals surface area (Å²) in [6.07, 6.45) is 0.480. The van der Waals surface area contributed by atoms with Crippen molar-refractivity contribution in [2.75, 3.05) is 6.54 Å². The summed E-state index contributed by atoms with van der Waals surface area (Å²) in [5, 5.41) is 0. The van der Waals surface area contributed by atoms with Crippen LogP contribution >= 0.6 is 0 Å². The number of hydrogen-bond acceptors (Lipinski definition) is 3. The third-order valence-corrected chi connectivity index (χ3v) is 2.88. The largest absolute Gasteiger partial charge is 0.299 e. The van der Waals surface area contributed by atoms with Crippen LogP contribution in [0.5, 0.6) is 0 Å². The van der Waals surface area contributed by atoms with Crippen LogP contribution < -0.4 is 0 Å². The second-order valence-corrected chi connectivity index (χ2v) is 4.88. The molecule has 16 heavy (non-hydrogen) atoms. The molecule has 1 unspecified atom stereocenters. The van der Waals surface area contributed by atoms with E-state index in [9.17, 15) is 14.4 Å². The third kappa shape index (κ3) is 2.31. The second-order valence-electron chi connectivity index (χ2n) is 4.88. The molecule has 0 aliphatic carbocycles. The van der Waals surface area contributed by atoms with Crippen LogP contribution in [-0.4, -0.2) is 29.0 Å². The Morgan fingerprint density at radius 2 is 1.75 bits per heavy atom. The molecule has 0 bridgehead atoms. The Bertz CT molecular complexity index is 290. The van der Waals surface area contributed by atoms with Gasteiger partial charge >= 0.3 is 0 Å². The lowest BCUT2D eigenvalue weighted by Gasteiger charge is -2.17. The van der Waals surface area contributed by atoms with Crippen molar-refractivity contribution >= 4 is 17.6 Å². The van der Waals surface area contributed by atoms with Crippen molar-refractivity contribution in [3.8, 4) is 0 Å². The van der Waals surface area contributed by atoms with E-state index >= 15 is 0 Å². The summed E-state index contributed by atoms with van der Waals surface area (Å²) in [6, 6.07) is 0. The second kappa shape index (κ2) is 4.76. The van der Waals surface area contributed by atoms with Crippen molar-refractivity contribution in [2.24, 2.45) is 17.8 Å². The van der Waals surface area contributed by atoms with Gasteiger partial charge in [0, 0.05) is 18.4 Å². The molecule has 4 heteroatoms. The number of imide groups is 1. The summed E-state index contributed by atoms with van der Waals surface area (Å²) in [4.78, 5) is 36.5. The molecule has 1 rings (SSSR count). The Morgan fingerprint density at radius 3 is 2.19 bits per heavy atom. The molecule has 1 aliphatic heterocycles. The van der Waals surface area contributed by atoms with E-state index in [0.29, 0.717) is 13.0 Å². The highest BCUT2D eigenvalue weighted by Gasteiger charge is 2.40. The summed E-state index contributed by atoms with van der Waals surface area (Å²) in [5.74, 6) is -1.48. The van der Waals surface area contributed by atoms with Crippen molar-refractivity contribution in [2.45, 2.75) is 34.1 Å². The van der Waals surface area contributed by atoms with Crippen LogP contribution in [0.3, 0.4) is 0 Å². The lowest BCUT2D eigenvalue weighted by molar-refractivity contribution is -0.146. The predicted octanol–water partition coefficient (Wildman–Crippen LogP) is 1.24. The first-order valence-corrected chi connectivity index (χ1v) is 5.75. The fourth-order valence-electron chi connectivity index (χ4n) is 1.88. The topological polar surface area (TPSA) is 54.5 Å². The minimum atomic E-state index is -0.595.